The second-order valence-corrected chi connectivity index (χ2v) is 4.90. The van der Waals surface area contributed by atoms with E-state index in [1.165, 1.54) is 0 Å². The van der Waals surface area contributed by atoms with Crippen LogP contribution in [0.3, 0.4) is 0 Å². The zero-order chi connectivity index (χ0) is 13.7. The molecular formula is C13H21ClN2O2. The van der Waals surface area contributed by atoms with Crippen LogP contribution in [0.5, 0.6) is 5.88 Å². The number of ether oxygens (including phenoxy) is 2. The average Bonchev–Trinajstić information content (AvgIpc) is 2.31. The van der Waals surface area contributed by atoms with Gasteiger partial charge in [0.15, 0.2) is 0 Å². The van der Waals surface area contributed by atoms with Gasteiger partial charge in [-0.15, -0.1) is 0 Å². The van der Waals surface area contributed by atoms with Crippen molar-refractivity contribution in [1.82, 2.24) is 9.97 Å². The lowest BCUT2D eigenvalue weighted by Gasteiger charge is -2.17. The maximum absolute atomic E-state index is 6.09. The first-order valence-corrected chi connectivity index (χ1v) is 6.61. The van der Waals surface area contributed by atoms with Crippen molar-refractivity contribution in [2.24, 2.45) is 0 Å². The monoisotopic (exact) mass is 272 g/mol. The first kappa shape index (κ1) is 15.2. The number of rotatable bonds is 6. The minimum Gasteiger partial charge on any atom is -0.472 e. The van der Waals surface area contributed by atoms with Gasteiger partial charge in [-0.25, -0.2) is 4.98 Å². The molecule has 18 heavy (non-hydrogen) atoms. The first-order chi connectivity index (χ1) is 8.45. The molecule has 0 spiro atoms. The molecule has 0 aromatic carbocycles. The van der Waals surface area contributed by atoms with Crippen LogP contribution in [0.2, 0.25) is 5.15 Å². The third-order valence-electron chi connectivity index (χ3n) is 2.44. The van der Waals surface area contributed by atoms with Crippen molar-refractivity contribution in [1.29, 1.82) is 0 Å². The molecule has 1 aromatic rings. The summed E-state index contributed by atoms with van der Waals surface area (Å²) in [5.74, 6) is 1.46. The number of hydrogen-bond donors (Lipinski definition) is 0. The molecule has 5 heteroatoms. The molecule has 0 bridgehead atoms. The van der Waals surface area contributed by atoms with Gasteiger partial charge in [-0.05, 0) is 20.8 Å². The lowest BCUT2D eigenvalue weighted by molar-refractivity contribution is 0.0627. The molecule has 0 radical (unpaired) electrons. The van der Waals surface area contributed by atoms with Gasteiger partial charge >= 0.3 is 0 Å². The number of halogens is 1. The molecule has 4 nitrogen and oxygen atoms in total. The lowest BCUT2D eigenvalue weighted by atomic mass is 10.2. The van der Waals surface area contributed by atoms with Crippen LogP contribution in [0.1, 0.15) is 45.0 Å². The van der Waals surface area contributed by atoms with Gasteiger partial charge in [-0.3, -0.25) is 0 Å². The molecule has 102 valence electrons. The summed E-state index contributed by atoms with van der Waals surface area (Å²) < 4.78 is 11.1. The summed E-state index contributed by atoms with van der Waals surface area (Å²) in [5, 5.41) is 0.451. The topological polar surface area (TPSA) is 44.2 Å². The molecule has 1 aromatic heterocycles. The Hall–Kier alpha value is -0.870. The van der Waals surface area contributed by atoms with E-state index in [9.17, 15) is 0 Å². The lowest BCUT2D eigenvalue weighted by Crippen LogP contribution is -2.20. The normalized spacial score (nSPS) is 12.8. The maximum atomic E-state index is 6.09. The summed E-state index contributed by atoms with van der Waals surface area (Å²) >= 11 is 6.09. The van der Waals surface area contributed by atoms with E-state index < -0.39 is 0 Å². The van der Waals surface area contributed by atoms with Gasteiger partial charge < -0.3 is 9.47 Å². The van der Waals surface area contributed by atoms with Gasteiger partial charge in [0.2, 0.25) is 5.88 Å². The van der Waals surface area contributed by atoms with Crippen LogP contribution in [0.15, 0.2) is 0 Å². The molecule has 1 unspecified atom stereocenters. The molecule has 0 N–H and O–H groups in total. The van der Waals surface area contributed by atoms with Gasteiger partial charge in [0.1, 0.15) is 17.1 Å². The van der Waals surface area contributed by atoms with Gasteiger partial charge in [0, 0.05) is 18.1 Å². The minimum atomic E-state index is -0.0605. The van der Waals surface area contributed by atoms with Crippen molar-refractivity contribution in [3.8, 4) is 5.88 Å². The second kappa shape index (κ2) is 6.90. The van der Waals surface area contributed by atoms with E-state index in [4.69, 9.17) is 21.1 Å². The molecule has 0 saturated carbocycles. The predicted molar refractivity (Wildman–Crippen MR) is 72.5 cm³/mol. The van der Waals surface area contributed by atoms with Gasteiger partial charge in [0.25, 0.3) is 0 Å². The molecule has 0 amide bonds. The van der Waals surface area contributed by atoms with Crippen molar-refractivity contribution in [3.63, 3.8) is 0 Å². The van der Waals surface area contributed by atoms with E-state index >= 15 is 0 Å². The molecular weight excluding hydrogens is 252 g/mol. The van der Waals surface area contributed by atoms with Gasteiger partial charge in [0.05, 0.1) is 6.61 Å². The molecule has 1 rings (SSSR count). The molecule has 0 aliphatic carbocycles. The largest absolute Gasteiger partial charge is 0.472 e. The van der Waals surface area contributed by atoms with Crippen molar-refractivity contribution in [3.05, 3.63) is 16.5 Å². The van der Waals surface area contributed by atoms with Crippen molar-refractivity contribution < 1.29 is 9.47 Å². The zero-order valence-corrected chi connectivity index (χ0v) is 12.4. The zero-order valence-electron chi connectivity index (χ0n) is 11.7. The van der Waals surface area contributed by atoms with Crippen LogP contribution in [-0.2, 0) is 4.74 Å². The maximum Gasteiger partial charge on any atom is 0.221 e. The Balaban J connectivity index is 2.86. The van der Waals surface area contributed by atoms with Crippen LogP contribution in [0.25, 0.3) is 0 Å². The third kappa shape index (κ3) is 4.10. The van der Waals surface area contributed by atoms with Crippen molar-refractivity contribution in [2.45, 2.75) is 46.6 Å². The highest BCUT2D eigenvalue weighted by Gasteiger charge is 2.15. The Morgan fingerprint density at radius 1 is 1.22 bits per heavy atom. The minimum absolute atomic E-state index is 0.0605. The number of hydrogen-bond acceptors (Lipinski definition) is 4. The highest BCUT2D eigenvalue weighted by Crippen LogP contribution is 2.25. The van der Waals surface area contributed by atoms with E-state index in [0.29, 0.717) is 30.1 Å². The fraction of sp³-hybridized carbons (Fsp3) is 0.692. The molecule has 1 atom stereocenters. The average molecular weight is 273 g/mol. The Bertz CT molecular complexity index is 397. The summed E-state index contributed by atoms with van der Waals surface area (Å²) in [6, 6.07) is 0. The summed E-state index contributed by atoms with van der Waals surface area (Å²) in [6.45, 7) is 11.0. The molecule has 0 saturated heterocycles. The van der Waals surface area contributed by atoms with Crippen LogP contribution in [0, 0.1) is 6.92 Å². The smallest absolute Gasteiger partial charge is 0.221 e. The van der Waals surface area contributed by atoms with Crippen LogP contribution >= 0.6 is 11.6 Å². The van der Waals surface area contributed by atoms with Gasteiger partial charge in [-0.1, -0.05) is 25.4 Å². The Morgan fingerprint density at radius 2 is 1.89 bits per heavy atom. The van der Waals surface area contributed by atoms with Crippen molar-refractivity contribution in [2.75, 3.05) is 13.2 Å². The summed E-state index contributed by atoms with van der Waals surface area (Å²) in [7, 11) is 0. The summed E-state index contributed by atoms with van der Waals surface area (Å²) in [5.41, 5.74) is 0.768. The first-order valence-electron chi connectivity index (χ1n) is 6.24. The standard InChI is InChI=1S/C13H21ClN2O2/c1-6-17-7-9(4)18-13-10(5)11(14)15-12(16-13)8(2)3/h8-9H,6-7H2,1-5H3. The van der Waals surface area contributed by atoms with Crippen LogP contribution in [-0.4, -0.2) is 29.3 Å². The fourth-order valence-corrected chi connectivity index (χ4v) is 1.53. The SMILES string of the molecule is CCOCC(C)Oc1nc(C(C)C)nc(Cl)c1C. The van der Waals surface area contributed by atoms with E-state index in [-0.39, 0.29) is 12.0 Å². The van der Waals surface area contributed by atoms with Crippen LogP contribution in [0.4, 0.5) is 0 Å². The molecule has 0 aliphatic rings. The van der Waals surface area contributed by atoms with E-state index in [1.54, 1.807) is 0 Å². The van der Waals surface area contributed by atoms with Gasteiger partial charge in [-0.2, -0.15) is 4.98 Å². The third-order valence-corrected chi connectivity index (χ3v) is 2.81. The molecule has 1 heterocycles. The van der Waals surface area contributed by atoms with E-state index in [2.05, 4.69) is 9.97 Å². The fourth-order valence-electron chi connectivity index (χ4n) is 1.37. The molecule has 0 aliphatic heterocycles. The highest BCUT2D eigenvalue weighted by atomic mass is 35.5. The second-order valence-electron chi connectivity index (χ2n) is 4.55. The number of nitrogens with zero attached hydrogens (tertiary/aromatic N) is 2. The quantitative estimate of drug-likeness (QED) is 0.745. The van der Waals surface area contributed by atoms with E-state index in [1.807, 2.05) is 34.6 Å². The Morgan fingerprint density at radius 3 is 2.44 bits per heavy atom. The summed E-state index contributed by atoms with van der Waals surface area (Å²) in [4.78, 5) is 8.65. The number of aromatic nitrogens is 2. The summed E-state index contributed by atoms with van der Waals surface area (Å²) in [6.07, 6.45) is -0.0605. The Kier molecular flexibility index (Phi) is 5.82. The highest BCUT2D eigenvalue weighted by molar-refractivity contribution is 6.30. The molecule has 0 fully saturated rings. The Labute approximate surface area is 114 Å². The van der Waals surface area contributed by atoms with E-state index in [0.717, 1.165) is 5.56 Å². The predicted octanol–water partition coefficient (Wildman–Crippen LogP) is 3.37. The van der Waals surface area contributed by atoms with Crippen molar-refractivity contribution >= 4 is 11.6 Å². The van der Waals surface area contributed by atoms with Crippen LogP contribution < -0.4 is 4.74 Å².